The molecule has 0 aromatic heterocycles. The maximum Gasteiger partial charge on any atom is 0.321 e. The molecular formula is C11H13BrFNO2. The predicted octanol–water partition coefficient (Wildman–Crippen LogP) is 2.48. The van der Waals surface area contributed by atoms with E-state index in [-0.39, 0.29) is 11.8 Å². The molecule has 88 valence electrons. The first kappa shape index (κ1) is 13.0. The first-order chi connectivity index (χ1) is 7.52. The number of rotatable bonds is 4. The Bertz CT molecular complexity index is 364. The lowest BCUT2D eigenvalue weighted by atomic mass is 10.2. The summed E-state index contributed by atoms with van der Waals surface area (Å²) in [6, 6.07) is 4.63. The third-order valence-corrected chi connectivity index (χ3v) is 2.68. The zero-order valence-electron chi connectivity index (χ0n) is 9.09. The van der Waals surface area contributed by atoms with Crippen LogP contribution in [-0.2, 0) is 9.53 Å². The maximum absolute atomic E-state index is 13.0. The van der Waals surface area contributed by atoms with Crippen molar-refractivity contribution in [1.29, 1.82) is 0 Å². The molecule has 1 unspecified atom stereocenters. The van der Waals surface area contributed by atoms with Crippen molar-refractivity contribution in [3.63, 3.8) is 0 Å². The second-order valence-corrected chi connectivity index (χ2v) is 4.49. The fourth-order valence-corrected chi connectivity index (χ4v) is 1.61. The molecule has 0 aliphatic carbocycles. The largest absolute Gasteiger partial charge is 0.468 e. The van der Waals surface area contributed by atoms with Gasteiger partial charge in [-0.3, -0.25) is 4.79 Å². The van der Waals surface area contributed by atoms with E-state index in [0.29, 0.717) is 12.2 Å². The van der Waals surface area contributed by atoms with Gasteiger partial charge in [-0.25, -0.2) is 4.39 Å². The third kappa shape index (κ3) is 3.81. The van der Waals surface area contributed by atoms with Crippen molar-refractivity contribution in [3.05, 3.63) is 29.6 Å². The summed E-state index contributed by atoms with van der Waals surface area (Å²) in [5.41, 5.74) is 1.47. The Morgan fingerprint density at radius 3 is 2.81 bits per heavy atom. The first-order valence-corrected chi connectivity index (χ1v) is 5.67. The lowest BCUT2D eigenvalue weighted by Gasteiger charge is -2.10. The summed E-state index contributed by atoms with van der Waals surface area (Å²) < 4.78 is 17.6. The fraction of sp³-hybridized carbons (Fsp3) is 0.364. The Morgan fingerprint density at radius 1 is 1.56 bits per heavy atom. The van der Waals surface area contributed by atoms with Gasteiger partial charge in [0.15, 0.2) is 0 Å². The van der Waals surface area contributed by atoms with Gasteiger partial charge in [-0.2, -0.15) is 0 Å². The van der Waals surface area contributed by atoms with Crippen LogP contribution in [0.3, 0.4) is 0 Å². The highest BCUT2D eigenvalue weighted by Gasteiger charge is 2.14. The Kier molecular flexibility index (Phi) is 4.73. The molecule has 0 heterocycles. The number of ether oxygens (including phenoxy) is 1. The molecule has 0 spiro atoms. The summed E-state index contributed by atoms with van der Waals surface area (Å²) in [7, 11) is 1.32. The second-order valence-electron chi connectivity index (χ2n) is 3.39. The van der Waals surface area contributed by atoms with Crippen molar-refractivity contribution in [2.24, 2.45) is 0 Å². The Morgan fingerprint density at radius 2 is 2.25 bits per heavy atom. The zero-order chi connectivity index (χ0) is 12.1. The summed E-state index contributed by atoms with van der Waals surface area (Å²) in [6.45, 7) is 2.15. The number of carbonyl (C=O) groups is 1. The minimum Gasteiger partial charge on any atom is -0.468 e. The monoisotopic (exact) mass is 289 g/mol. The molecule has 0 aliphatic rings. The summed E-state index contributed by atoms with van der Waals surface area (Å²) in [5, 5.41) is 2.95. The van der Waals surface area contributed by atoms with Gasteiger partial charge in [0.05, 0.1) is 7.11 Å². The van der Waals surface area contributed by atoms with Crippen LogP contribution in [-0.4, -0.2) is 24.5 Å². The number of carbonyl (C=O) groups excluding carboxylic acids is 1. The van der Waals surface area contributed by atoms with Gasteiger partial charge in [0.1, 0.15) is 10.6 Å². The van der Waals surface area contributed by atoms with Gasteiger partial charge in [0.25, 0.3) is 0 Å². The zero-order valence-corrected chi connectivity index (χ0v) is 10.7. The van der Waals surface area contributed by atoms with Crippen LogP contribution in [0.2, 0.25) is 0 Å². The number of hydrogen-bond donors (Lipinski definition) is 1. The van der Waals surface area contributed by atoms with E-state index < -0.39 is 4.83 Å². The number of benzene rings is 1. The number of aryl methyl sites for hydroxylation is 1. The van der Waals surface area contributed by atoms with Gasteiger partial charge in [0.2, 0.25) is 0 Å². The van der Waals surface area contributed by atoms with E-state index in [1.165, 1.54) is 19.2 Å². The quantitative estimate of drug-likeness (QED) is 0.684. The van der Waals surface area contributed by atoms with E-state index in [1.54, 1.807) is 13.0 Å². The number of methoxy groups -OCH3 is 1. The fourth-order valence-electron chi connectivity index (χ4n) is 1.26. The molecule has 1 N–H and O–H groups in total. The SMILES string of the molecule is COC(=O)C(Br)CNc1cc(C)cc(F)c1. The summed E-state index contributed by atoms with van der Waals surface area (Å²) in [4.78, 5) is 10.6. The number of hydrogen-bond acceptors (Lipinski definition) is 3. The average Bonchev–Trinajstić information content (AvgIpc) is 2.23. The number of anilines is 1. The van der Waals surface area contributed by atoms with Gasteiger partial charge in [-0.15, -0.1) is 0 Å². The molecular weight excluding hydrogens is 277 g/mol. The van der Waals surface area contributed by atoms with Crippen molar-refractivity contribution in [1.82, 2.24) is 0 Å². The number of esters is 1. The summed E-state index contributed by atoms with van der Waals surface area (Å²) in [5.74, 6) is -0.660. The molecule has 0 amide bonds. The van der Waals surface area contributed by atoms with Crippen molar-refractivity contribution >= 4 is 27.6 Å². The van der Waals surface area contributed by atoms with E-state index in [1.807, 2.05) is 0 Å². The predicted molar refractivity (Wildman–Crippen MR) is 64.4 cm³/mol. The number of nitrogens with one attached hydrogen (secondary N) is 1. The highest BCUT2D eigenvalue weighted by molar-refractivity contribution is 9.10. The Hall–Kier alpha value is -1.10. The van der Waals surface area contributed by atoms with E-state index in [2.05, 4.69) is 26.0 Å². The van der Waals surface area contributed by atoms with Crippen molar-refractivity contribution < 1.29 is 13.9 Å². The van der Waals surface area contributed by atoms with Crippen molar-refractivity contribution in [3.8, 4) is 0 Å². The van der Waals surface area contributed by atoms with Crippen LogP contribution in [0.1, 0.15) is 5.56 Å². The van der Waals surface area contributed by atoms with Crippen LogP contribution in [0.25, 0.3) is 0 Å². The Labute approximate surface area is 102 Å². The van der Waals surface area contributed by atoms with Crippen molar-refractivity contribution in [2.75, 3.05) is 19.0 Å². The highest BCUT2D eigenvalue weighted by Crippen LogP contribution is 2.14. The summed E-state index contributed by atoms with van der Waals surface area (Å²) >= 11 is 3.17. The normalized spacial score (nSPS) is 12.0. The smallest absolute Gasteiger partial charge is 0.321 e. The van der Waals surface area contributed by atoms with Crippen LogP contribution in [0, 0.1) is 12.7 Å². The first-order valence-electron chi connectivity index (χ1n) is 4.76. The van der Waals surface area contributed by atoms with Crippen LogP contribution >= 0.6 is 15.9 Å². The molecule has 0 saturated carbocycles. The van der Waals surface area contributed by atoms with E-state index >= 15 is 0 Å². The molecule has 0 bridgehead atoms. The van der Waals surface area contributed by atoms with Crippen LogP contribution in [0.4, 0.5) is 10.1 Å². The van der Waals surface area contributed by atoms with Crippen molar-refractivity contribution in [2.45, 2.75) is 11.8 Å². The number of halogens is 2. The van der Waals surface area contributed by atoms with E-state index in [9.17, 15) is 9.18 Å². The minimum atomic E-state index is -0.443. The number of alkyl halides is 1. The maximum atomic E-state index is 13.0. The standard InChI is InChI=1S/C11H13BrFNO2/c1-7-3-8(13)5-9(4-7)14-6-10(12)11(15)16-2/h3-5,10,14H,6H2,1-2H3. The molecule has 1 aromatic carbocycles. The molecule has 0 radical (unpaired) electrons. The van der Waals surface area contributed by atoms with Crippen LogP contribution < -0.4 is 5.32 Å². The molecule has 16 heavy (non-hydrogen) atoms. The lowest BCUT2D eigenvalue weighted by Crippen LogP contribution is -2.24. The van der Waals surface area contributed by atoms with Crippen LogP contribution in [0.5, 0.6) is 0 Å². The van der Waals surface area contributed by atoms with Gasteiger partial charge >= 0.3 is 5.97 Å². The van der Waals surface area contributed by atoms with Gasteiger partial charge < -0.3 is 10.1 Å². The molecule has 1 aromatic rings. The topological polar surface area (TPSA) is 38.3 Å². The molecule has 1 rings (SSSR count). The van der Waals surface area contributed by atoms with E-state index in [0.717, 1.165) is 5.56 Å². The van der Waals surface area contributed by atoms with Gasteiger partial charge in [0, 0.05) is 12.2 Å². The van der Waals surface area contributed by atoms with Gasteiger partial charge in [-0.1, -0.05) is 15.9 Å². The molecule has 0 saturated heterocycles. The molecule has 1 atom stereocenters. The molecule has 3 nitrogen and oxygen atoms in total. The lowest BCUT2D eigenvalue weighted by molar-refractivity contribution is -0.139. The molecule has 5 heteroatoms. The van der Waals surface area contributed by atoms with Crippen LogP contribution in [0.15, 0.2) is 18.2 Å². The highest BCUT2D eigenvalue weighted by atomic mass is 79.9. The average molecular weight is 290 g/mol. The Balaban J connectivity index is 2.57. The minimum absolute atomic E-state index is 0.299. The second kappa shape index (κ2) is 5.84. The molecule has 0 aliphatic heterocycles. The molecule has 0 fully saturated rings. The van der Waals surface area contributed by atoms with E-state index in [4.69, 9.17) is 0 Å². The summed E-state index contributed by atoms with van der Waals surface area (Å²) in [6.07, 6.45) is 0. The third-order valence-electron chi connectivity index (χ3n) is 1.98. The van der Waals surface area contributed by atoms with Gasteiger partial charge in [-0.05, 0) is 30.7 Å².